The average Bonchev–Trinajstić information content (AvgIpc) is 2.30. The first-order valence-electron chi connectivity index (χ1n) is 3.85. The van der Waals surface area contributed by atoms with Crippen LogP contribution in [0.15, 0.2) is 6.07 Å². The molecule has 0 aliphatic heterocycles. The van der Waals surface area contributed by atoms with Gasteiger partial charge >= 0.3 is 0 Å². The third kappa shape index (κ3) is 2.20. The summed E-state index contributed by atoms with van der Waals surface area (Å²) < 4.78 is 8.09. The monoisotopic (exact) mass is 280 g/mol. The van der Waals surface area contributed by atoms with Crippen LogP contribution in [-0.2, 0) is 4.74 Å². The van der Waals surface area contributed by atoms with Crippen LogP contribution in [0.25, 0.3) is 0 Å². The van der Waals surface area contributed by atoms with Gasteiger partial charge in [-0.3, -0.25) is 4.68 Å². The average molecular weight is 280 g/mol. The summed E-state index contributed by atoms with van der Waals surface area (Å²) >= 11 is 2.22. The fourth-order valence-corrected chi connectivity index (χ4v) is 1.89. The number of nitrogens with zero attached hydrogens (tertiary/aromatic N) is 2. The zero-order chi connectivity index (χ0) is 9.14. The largest absolute Gasteiger partial charge is 0.382 e. The topological polar surface area (TPSA) is 27.1 Å². The van der Waals surface area contributed by atoms with Crippen LogP contribution in [0.3, 0.4) is 0 Å². The Bertz CT molecular complexity index is 260. The molecule has 0 N–H and O–H groups in total. The molecule has 1 atom stereocenters. The van der Waals surface area contributed by atoms with Gasteiger partial charge in [0.1, 0.15) is 3.70 Å². The highest BCUT2D eigenvalue weighted by molar-refractivity contribution is 14.1. The molecule has 0 fully saturated rings. The summed E-state index contributed by atoms with van der Waals surface area (Å²) in [5.41, 5.74) is 1.18. The number of aromatic nitrogens is 2. The van der Waals surface area contributed by atoms with Crippen LogP contribution < -0.4 is 0 Å². The molecular formula is C8H13IN2O. The van der Waals surface area contributed by atoms with E-state index in [1.54, 1.807) is 7.11 Å². The van der Waals surface area contributed by atoms with Crippen molar-refractivity contribution in [1.29, 1.82) is 0 Å². The molecule has 1 aromatic heterocycles. The molecule has 0 aromatic carbocycles. The predicted octanol–water partition coefficient (Wildman–Crippen LogP) is 2.00. The van der Waals surface area contributed by atoms with Crippen LogP contribution in [0.5, 0.6) is 0 Å². The molecule has 4 heteroatoms. The van der Waals surface area contributed by atoms with E-state index in [2.05, 4.69) is 47.6 Å². The first-order valence-corrected chi connectivity index (χ1v) is 4.93. The molecule has 0 amide bonds. The molecule has 3 nitrogen and oxygen atoms in total. The van der Waals surface area contributed by atoms with Gasteiger partial charge in [-0.1, -0.05) is 0 Å². The summed E-state index contributed by atoms with van der Waals surface area (Å²) in [6.07, 6.45) is 0. The van der Waals surface area contributed by atoms with Crippen molar-refractivity contribution >= 4 is 22.6 Å². The summed E-state index contributed by atoms with van der Waals surface area (Å²) in [5.74, 6) is 0. The van der Waals surface area contributed by atoms with Crippen LogP contribution >= 0.6 is 22.6 Å². The Kier molecular flexibility index (Phi) is 3.52. The van der Waals surface area contributed by atoms with Crippen molar-refractivity contribution in [3.63, 3.8) is 0 Å². The van der Waals surface area contributed by atoms with Crippen LogP contribution in [0.2, 0.25) is 0 Å². The van der Waals surface area contributed by atoms with Crippen LogP contribution in [0, 0.1) is 10.6 Å². The van der Waals surface area contributed by atoms with Gasteiger partial charge in [-0.15, -0.1) is 0 Å². The smallest absolute Gasteiger partial charge is 0.123 e. The fraction of sp³-hybridized carbons (Fsp3) is 0.625. The minimum Gasteiger partial charge on any atom is -0.382 e. The molecule has 1 rings (SSSR count). The van der Waals surface area contributed by atoms with Gasteiger partial charge in [0, 0.05) is 12.8 Å². The zero-order valence-corrected chi connectivity index (χ0v) is 9.70. The molecule has 0 aliphatic rings. The molecule has 1 heterocycles. The lowest BCUT2D eigenvalue weighted by atomic mass is 10.3. The maximum absolute atomic E-state index is 5.06. The highest BCUT2D eigenvalue weighted by Gasteiger charge is 2.08. The molecule has 0 radical (unpaired) electrons. The minimum absolute atomic E-state index is 0.318. The maximum atomic E-state index is 5.06. The second kappa shape index (κ2) is 4.23. The van der Waals surface area contributed by atoms with E-state index in [9.17, 15) is 0 Å². The van der Waals surface area contributed by atoms with E-state index >= 15 is 0 Å². The van der Waals surface area contributed by atoms with Crippen molar-refractivity contribution in [3.05, 3.63) is 15.5 Å². The third-order valence-corrected chi connectivity index (χ3v) is 2.25. The fourth-order valence-electron chi connectivity index (χ4n) is 1.21. The van der Waals surface area contributed by atoms with Gasteiger partial charge in [0.05, 0.1) is 12.6 Å². The Labute approximate surface area is 86.2 Å². The molecule has 0 saturated carbocycles. The number of hydrogen-bond acceptors (Lipinski definition) is 2. The molecule has 0 bridgehead atoms. The van der Waals surface area contributed by atoms with Crippen molar-refractivity contribution in [2.75, 3.05) is 13.7 Å². The van der Waals surface area contributed by atoms with E-state index in [0.29, 0.717) is 12.6 Å². The molecule has 1 unspecified atom stereocenters. The SMILES string of the molecule is COCC(C)n1nc(I)cc1C. The van der Waals surface area contributed by atoms with E-state index in [0.717, 1.165) is 3.70 Å². The maximum Gasteiger partial charge on any atom is 0.123 e. The highest BCUT2D eigenvalue weighted by Crippen LogP contribution is 2.12. The molecule has 68 valence electrons. The Hall–Kier alpha value is -0.100. The van der Waals surface area contributed by atoms with Crippen LogP contribution in [-0.4, -0.2) is 23.5 Å². The molecule has 0 aliphatic carbocycles. The predicted molar refractivity (Wildman–Crippen MR) is 56.3 cm³/mol. The second-order valence-corrected chi connectivity index (χ2v) is 3.96. The Morgan fingerprint density at radius 1 is 1.75 bits per heavy atom. The zero-order valence-electron chi connectivity index (χ0n) is 7.54. The summed E-state index contributed by atoms with van der Waals surface area (Å²) in [5, 5.41) is 4.35. The van der Waals surface area contributed by atoms with Crippen molar-refractivity contribution < 1.29 is 4.74 Å². The van der Waals surface area contributed by atoms with Crippen molar-refractivity contribution in [1.82, 2.24) is 9.78 Å². The van der Waals surface area contributed by atoms with Crippen molar-refractivity contribution in [3.8, 4) is 0 Å². The Morgan fingerprint density at radius 3 is 2.83 bits per heavy atom. The quantitative estimate of drug-likeness (QED) is 0.792. The first-order chi connectivity index (χ1) is 5.65. The van der Waals surface area contributed by atoms with Gasteiger partial charge in [-0.2, -0.15) is 5.10 Å². The molecule has 0 spiro atoms. The lowest BCUT2D eigenvalue weighted by Crippen LogP contribution is -2.13. The van der Waals surface area contributed by atoms with Crippen molar-refractivity contribution in [2.45, 2.75) is 19.9 Å². The Balaban J connectivity index is 2.79. The molecular weight excluding hydrogens is 267 g/mol. The number of aryl methyl sites for hydroxylation is 1. The molecule has 12 heavy (non-hydrogen) atoms. The summed E-state index contributed by atoms with van der Waals surface area (Å²) in [7, 11) is 1.71. The van der Waals surface area contributed by atoms with Gasteiger partial charge in [-0.25, -0.2) is 0 Å². The van der Waals surface area contributed by atoms with E-state index in [4.69, 9.17) is 4.74 Å². The van der Waals surface area contributed by atoms with Gasteiger partial charge in [0.15, 0.2) is 0 Å². The van der Waals surface area contributed by atoms with Gasteiger partial charge < -0.3 is 4.74 Å². The molecule has 1 aromatic rings. The highest BCUT2D eigenvalue weighted by atomic mass is 127. The number of rotatable bonds is 3. The van der Waals surface area contributed by atoms with Gasteiger partial charge in [0.2, 0.25) is 0 Å². The number of hydrogen-bond donors (Lipinski definition) is 0. The number of halogens is 1. The lowest BCUT2D eigenvalue weighted by Gasteiger charge is -2.12. The normalized spacial score (nSPS) is 13.3. The van der Waals surface area contributed by atoms with E-state index in [-0.39, 0.29) is 0 Å². The van der Waals surface area contributed by atoms with Crippen LogP contribution in [0.1, 0.15) is 18.7 Å². The van der Waals surface area contributed by atoms with E-state index in [1.165, 1.54) is 5.69 Å². The summed E-state index contributed by atoms with van der Waals surface area (Å²) in [6.45, 7) is 4.86. The molecule has 0 saturated heterocycles. The summed E-state index contributed by atoms with van der Waals surface area (Å²) in [6, 6.07) is 2.38. The van der Waals surface area contributed by atoms with Crippen LogP contribution in [0.4, 0.5) is 0 Å². The second-order valence-electron chi connectivity index (χ2n) is 2.86. The van der Waals surface area contributed by atoms with Crippen molar-refractivity contribution in [2.24, 2.45) is 0 Å². The third-order valence-electron chi connectivity index (χ3n) is 1.72. The number of ether oxygens (including phenoxy) is 1. The Morgan fingerprint density at radius 2 is 2.42 bits per heavy atom. The van der Waals surface area contributed by atoms with Gasteiger partial charge in [-0.05, 0) is 42.5 Å². The van der Waals surface area contributed by atoms with E-state index in [1.807, 2.05) is 4.68 Å². The summed E-state index contributed by atoms with van der Waals surface area (Å²) in [4.78, 5) is 0. The standard InChI is InChI=1S/C8H13IN2O/c1-6-4-8(9)10-11(6)7(2)5-12-3/h4,7H,5H2,1-3H3. The lowest BCUT2D eigenvalue weighted by molar-refractivity contribution is 0.156. The number of methoxy groups -OCH3 is 1. The van der Waals surface area contributed by atoms with E-state index < -0.39 is 0 Å². The minimum atomic E-state index is 0.318. The van der Waals surface area contributed by atoms with Gasteiger partial charge in [0.25, 0.3) is 0 Å². The first kappa shape index (κ1) is 9.98.